The van der Waals surface area contributed by atoms with Gasteiger partial charge in [0.2, 0.25) is 5.91 Å². The Morgan fingerprint density at radius 1 is 1.17 bits per heavy atom. The highest BCUT2D eigenvalue weighted by Gasteiger charge is 2.35. The van der Waals surface area contributed by atoms with Crippen LogP contribution >= 0.6 is 0 Å². The van der Waals surface area contributed by atoms with Gasteiger partial charge in [-0.15, -0.1) is 0 Å². The number of methoxy groups -OCH3 is 1. The van der Waals surface area contributed by atoms with Gasteiger partial charge in [0.25, 0.3) is 0 Å². The number of amides is 1. The standard InChI is InChI=1S/C25H33NO3/c1-18(2)21-9-6-19(7-10-21)16-25(3)17-22-14-20(8-11-23(22)29-25)15-24(27)26-12-5-13-28-4/h6-11,14,18H,5,12-13,15-17H2,1-4H3,(H,26,27)/t25-/m0/s1. The van der Waals surface area contributed by atoms with E-state index < -0.39 is 0 Å². The summed E-state index contributed by atoms with van der Waals surface area (Å²) in [5, 5.41) is 2.94. The molecule has 1 heterocycles. The normalized spacial score (nSPS) is 17.8. The first-order valence-electron chi connectivity index (χ1n) is 10.5. The number of fused-ring (bicyclic) bond motifs is 1. The fourth-order valence-corrected chi connectivity index (χ4v) is 3.93. The van der Waals surface area contributed by atoms with E-state index in [2.05, 4.69) is 56.4 Å². The first-order valence-corrected chi connectivity index (χ1v) is 10.5. The summed E-state index contributed by atoms with van der Waals surface area (Å²) in [6, 6.07) is 15.0. The minimum Gasteiger partial charge on any atom is -0.487 e. The van der Waals surface area contributed by atoms with Gasteiger partial charge in [-0.3, -0.25) is 4.79 Å². The molecule has 1 atom stereocenters. The number of nitrogens with one attached hydrogen (secondary N) is 1. The summed E-state index contributed by atoms with van der Waals surface area (Å²) in [5.74, 6) is 1.53. The highest BCUT2D eigenvalue weighted by molar-refractivity contribution is 5.78. The monoisotopic (exact) mass is 395 g/mol. The lowest BCUT2D eigenvalue weighted by atomic mass is 9.90. The lowest BCUT2D eigenvalue weighted by molar-refractivity contribution is -0.120. The fourth-order valence-electron chi connectivity index (χ4n) is 3.93. The van der Waals surface area contributed by atoms with Gasteiger partial charge in [-0.1, -0.05) is 50.2 Å². The molecule has 0 fully saturated rings. The number of rotatable bonds is 9. The molecule has 2 aromatic carbocycles. The minimum atomic E-state index is -0.247. The molecule has 0 saturated carbocycles. The predicted octanol–water partition coefficient (Wildman–Crippen LogP) is 4.44. The molecule has 1 amide bonds. The summed E-state index contributed by atoms with van der Waals surface area (Å²) in [5.41, 5.74) is 4.63. The van der Waals surface area contributed by atoms with Gasteiger partial charge in [-0.25, -0.2) is 0 Å². The molecule has 0 unspecified atom stereocenters. The second kappa shape index (κ2) is 9.45. The van der Waals surface area contributed by atoms with Crippen molar-refractivity contribution in [2.45, 2.75) is 58.0 Å². The first-order chi connectivity index (χ1) is 13.9. The molecule has 0 aromatic heterocycles. The van der Waals surface area contributed by atoms with Gasteiger partial charge in [0.1, 0.15) is 11.4 Å². The Morgan fingerprint density at radius 2 is 1.90 bits per heavy atom. The Balaban J connectivity index is 1.58. The summed E-state index contributed by atoms with van der Waals surface area (Å²) in [6.07, 6.45) is 2.96. The van der Waals surface area contributed by atoms with Gasteiger partial charge in [0.15, 0.2) is 0 Å². The van der Waals surface area contributed by atoms with E-state index in [1.807, 2.05) is 12.1 Å². The molecule has 156 valence electrons. The van der Waals surface area contributed by atoms with Crippen molar-refractivity contribution >= 4 is 5.91 Å². The second-order valence-electron chi connectivity index (χ2n) is 8.62. The molecular formula is C25H33NO3. The topological polar surface area (TPSA) is 47.6 Å². The van der Waals surface area contributed by atoms with Crippen molar-refractivity contribution in [3.8, 4) is 5.75 Å². The van der Waals surface area contributed by atoms with E-state index in [1.54, 1.807) is 7.11 Å². The van der Waals surface area contributed by atoms with Crippen LogP contribution in [0.5, 0.6) is 5.75 Å². The minimum absolute atomic E-state index is 0.0490. The lowest BCUT2D eigenvalue weighted by Crippen LogP contribution is -2.32. The van der Waals surface area contributed by atoms with Crippen LogP contribution in [-0.4, -0.2) is 31.8 Å². The number of benzene rings is 2. The SMILES string of the molecule is COCCCNC(=O)Cc1ccc2c(c1)C[C@](C)(Cc1ccc(C(C)C)cc1)O2. The molecule has 3 rings (SSSR count). The zero-order valence-corrected chi connectivity index (χ0v) is 18.1. The molecule has 4 nitrogen and oxygen atoms in total. The first kappa shape index (κ1) is 21.4. The number of hydrogen-bond acceptors (Lipinski definition) is 3. The van der Waals surface area contributed by atoms with E-state index in [-0.39, 0.29) is 11.5 Å². The average Bonchev–Trinajstić information content (AvgIpc) is 3.00. The van der Waals surface area contributed by atoms with Crippen LogP contribution in [-0.2, 0) is 28.8 Å². The highest BCUT2D eigenvalue weighted by Crippen LogP contribution is 2.37. The van der Waals surface area contributed by atoms with Crippen LogP contribution in [0.2, 0.25) is 0 Å². The Hall–Kier alpha value is -2.33. The van der Waals surface area contributed by atoms with Gasteiger partial charge in [-0.2, -0.15) is 0 Å². The molecule has 0 saturated heterocycles. The summed E-state index contributed by atoms with van der Waals surface area (Å²) in [6.45, 7) is 7.91. The third-order valence-corrected chi connectivity index (χ3v) is 5.48. The van der Waals surface area contributed by atoms with Crippen molar-refractivity contribution in [2.24, 2.45) is 0 Å². The second-order valence-corrected chi connectivity index (χ2v) is 8.62. The van der Waals surface area contributed by atoms with Gasteiger partial charge >= 0.3 is 0 Å². The van der Waals surface area contributed by atoms with Crippen molar-refractivity contribution in [1.29, 1.82) is 0 Å². The Kier molecular flexibility index (Phi) is 6.96. The van der Waals surface area contributed by atoms with Crippen LogP contribution in [0.4, 0.5) is 0 Å². The summed E-state index contributed by atoms with van der Waals surface area (Å²) in [7, 11) is 1.67. The van der Waals surface area contributed by atoms with E-state index >= 15 is 0 Å². The van der Waals surface area contributed by atoms with Crippen molar-refractivity contribution < 1.29 is 14.3 Å². The lowest BCUT2D eigenvalue weighted by Gasteiger charge is -2.24. The molecule has 0 bridgehead atoms. The van der Waals surface area contributed by atoms with E-state index in [4.69, 9.17) is 9.47 Å². The van der Waals surface area contributed by atoms with Crippen LogP contribution in [0.15, 0.2) is 42.5 Å². The largest absolute Gasteiger partial charge is 0.487 e. The summed E-state index contributed by atoms with van der Waals surface area (Å²) < 4.78 is 11.3. The van der Waals surface area contributed by atoms with Gasteiger partial charge in [0, 0.05) is 33.1 Å². The predicted molar refractivity (Wildman–Crippen MR) is 117 cm³/mol. The smallest absolute Gasteiger partial charge is 0.224 e. The maximum atomic E-state index is 12.1. The zero-order valence-electron chi connectivity index (χ0n) is 18.1. The third kappa shape index (κ3) is 5.83. The van der Waals surface area contributed by atoms with Crippen LogP contribution in [0.1, 0.15) is 55.4 Å². The maximum Gasteiger partial charge on any atom is 0.224 e. The molecule has 0 spiro atoms. The molecular weight excluding hydrogens is 362 g/mol. The number of carbonyl (C=O) groups excluding carboxylic acids is 1. The highest BCUT2D eigenvalue weighted by atomic mass is 16.5. The van der Waals surface area contributed by atoms with E-state index in [9.17, 15) is 4.79 Å². The van der Waals surface area contributed by atoms with Crippen molar-refractivity contribution in [3.05, 3.63) is 64.7 Å². The van der Waals surface area contributed by atoms with Crippen LogP contribution in [0.3, 0.4) is 0 Å². The Bertz CT molecular complexity index is 828. The van der Waals surface area contributed by atoms with E-state index in [0.717, 1.165) is 30.6 Å². The molecule has 1 N–H and O–H groups in total. The fraction of sp³-hybridized carbons (Fsp3) is 0.480. The number of hydrogen-bond donors (Lipinski definition) is 1. The van der Waals surface area contributed by atoms with E-state index in [0.29, 0.717) is 25.5 Å². The third-order valence-electron chi connectivity index (χ3n) is 5.48. The van der Waals surface area contributed by atoms with Crippen LogP contribution < -0.4 is 10.1 Å². The van der Waals surface area contributed by atoms with Crippen molar-refractivity contribution in [1.82, 2.24) is 5.32 Å². The van der Waals surface area contributed by atoms with E-state index in [1.165, 1.54) is 16.7 Å². The van der Waals surface area contributed by atoms with Crippen molar-refractivity contribution in [3.63, 3.8) is 0 Å². The average molecular weight is 396 g/mol. The molecule has 1 aliphatic rings. The Morgan fingerprint density at radius 3 is 2.59 bits per heavy atom. The molecule has 0 aliphatic carbocycles. The number of carbonyl (C=O) groups is 1. The molecule has 0 radical (unpaired) electrons. The quantitative estimate of drug-likeness (QED) is 0.639. The molecule has 2 aromatic rings. The van der Waals surface area contributed by atoms with Crippen LogP contribution in [0, 0.1) is 0 Å². The summed E-state index contributed by atoms with van der Waals surface area (Å²) >= 11 is 0. The van der Waals surface area contributed by atoms with Gasteiger partial charge in [-0.05, 0) is 47.6 Å². The van der Waals surface area contributed by atoms with Crippen LogP contribution in [0.25, 0.3) is 0 Å². The molecule has 29 heavy (non-hydrogen) atoms. The Labute approximate surface area is 174 Å². The van der Waals surface area contributed by atoms with Gasteiger partial charge in [0.05, 0.1) is 6.42 Å². The van der Waals surface area contributed by atoms with Gasteiger partial charge < -0.3 is 14.8 Å². The maximum absolute atomic E-state index is 12.1. The molecule has 4 heteroatoms. The zero-order chi connectivity index (χ0) is 20.9. The van der Waals surface area contributed by atoms with Crippen molar-refractivity contribution in [2.75, 3.05) is 20.3 Å². The summed E-state index contributed by atoms with van der Waals surface area (Å²) in [4.78, 5) is 12.1. The molecule has 1 aliphatic heterocycles. The number of ether oxygens (including phenoxy) is 2.